The quantitative estimate of drug-likeness (QED) is 0.779. The van der Waals surface area contributed by atoms with Crippen molar-refractivity contribution in [3.63, 3.8) is 0 Å². The number of nitrogens with zero attached hydrogens (tertiary/aromatic N) is 5. The molecule has 0 amide bonds. The fraction of sp³-hybridized carbons (Fsp3) is 0.125. The highest BCUT2D eigenvalue weighted by Gasteiger charge is 2.00. The molecule has 0 unspecified atom stereocenters. The lowest BCUT2D eigenvalue weighted by Crippen LogP contribution is -2.04. The Kier molecular flexibility index (Phi) is 4.07. The topological polar surface area (TPSA) is 79.4 Å². The maximum atomic E-state index is 8.69. The zero-order valence-corrected chi connectivity index (χ0v) is 11.8. The number of benzene rings is 1. The van der Waals surface area contributed by atoms with E-state index in [9.17, 15) is 0 Å². The number of hydrogen-bond acceptors (Lipinski definition) is 5. The third-order valence-electron chi connectivity index (χ3n) is 3.14. The summed E-state index contributed by atoms with van der Waals surface area (Å²) in [7, 11) is 0. The van der Waals surface area contributed by atoms with Gasteiger partial charge >= 0.3 is 0 Å². The van der Waals surface area contributed by atoms with Gasteiger partial charge in [0.05, 0.1) is 18.9 Å². The lowest BCUT2D eigenvalue weighted by atomic mass is 10.1. The van der Waals surface area contributed by atoms with E-state index >= 15 is 0 Å². The normalized spacial score (nSPS) is 10.1. The van der Waals surface area contributed by atoms with Gasteiger partial charge in [0.15, 0.2) is 5.69 Å². The Bertz CT molecular complexity index is 771. The first-order valence-electron chi connectivity index (χ1n) is 6.85. The van der Waals surface area contributed by atoms with Gasteiger partial charge in [0.1, 0.15) is 11.9 Å². The van der Waals surface area contributed by atoms with Gasteiger partial charge in [0.25, 0.3) is 0 Å². The first-order chi connectivity index (χ1) is 10.8. The van der Waals surface area contributed by atoms with Crippen molar-refractivity contribution in [3.8, 4) is 6.07 Å². The van der Waals surface area contributed by atoms with Gasteiger partial charge in [-0.3, -0.25) is 4.68 Å². The van der Waals surface area contributed by atoms with Gasteiger partial charge in [-0.1, -0.05) is 24.3 Å². The summed E-state index contributed by atoms with van der Waals surface area (Å²) in [6.07, 6.45) is 6.73. The van der Waals surface area contributed by atoms with E-state index in [-0.39, 0.29) is 0 Å². The van der Waals surface area contributed by atoms with E-state index < -0.39 is 0 Å². The second-order valence-electron chi connectivity index (χ2n) is 4.78. The van der Waals surface area contributed by atoms with Crippen molar-refractivity contribution in [1.29, 1.82) is 5.26 Å². The van der Waals surface area contributed by atoms with E-state index in [1.807, 2.05) is 29.1 Å². The summed E-state index contributed by atoms with van der Waals surface area (Å²) < 4.78 is 1.89. The molecule has 0 atom stereocenters. The fourth-order valence-electron chi connectivity index (χ4n) is 2.09. The van der Waals surface area contributed by atoms with Crippen LogP contribution in [0.25, 0.3) is 0 Å². The molecule has 2 heterocycles. The average Bonchev–Trinajstić information content (AvgIpc) is 3.07. The summed E-state index contributed by atoms with van der Waals surface area (Å²) >= 11 is 0. The molecule has 1 aromatic carbocycles. The number of rotatable bonds is 5. The molecule has 0 aliphatic rings. The summed E-state index contributed by atoms with van der Waals surface area (Å²) in [5, 5.41) is 16.1. The summed E-state index contributed by atoms with van der Waals surface area (Å²) in [5.41, 5.74) is 2.65. The van der Waals surface area contributed by atoms with Crippen LogP contribution < -0.4 is 5.32 Å². The van der Waals surface area contributed by atoms with Crippen LogP contribution in [-0.2, 0) is 13.1 Å². The predicted octanol–water partition coefficient (Wildman–Crippen LogP) is 2.21. The summed E-state index contributed by atoms with van der Waals surface area (Å²) in [6.45, 7) is 1.39. The van der Waals surface area contributed by atoms with Gasteiger partial charge in [-0.15, -0.1) is 0 Å². The average molecular weight is 290 g/mol. The predicted molar refractivity (Wildman–Crippen MR) is 81.8 cm³/mol. The van der Waals surface area contributed by atoms with E-state index in [1.165, 1.54) is 11.8 Å². The van der Waals surface area contributed by atoms with Gasteiger partial charge in [-0.05, 0) is 17.2 Å². The number of nitriles is 1. The van der Waals surface area contributed by atoms with Crippen LogP contribution in [0.15, 0.2) is 55.1 Å². The highest BCUT2D eigenvalue weighted by molar-refractivity contribution is 5.35. The van der Waals surface area contributed by atoms with Crippen molar-refractivity contribution >= 4 is 5.82 Å². The Hall–Kier alpha value is -3.20. The molecule has 3 rings (SSSR count). The van der Waals surface area contributed by atoms with Gasteiger partial charge in [0.2, 0.25) is 0 Å². The van der Waals surface area contributed by atoms with Gasteiger partial charge < -0.3 is 5.32 Å². The van der Waals surface area contributed by atoms with E-state index in [2.05, 4.69) is 38.6 Å². The summed E-state index contributed by atoms with van der Waals surface area (Å²) in [6, 6.07) is 12.1. The van der Waals surface area contributed by atoms with Crippen LogP contribution in [0.4, 0.5) is 5.82 Å². The number of anilines is 1. The van der Waals surface area contributed by atoms with Gasteiger partial charge in [-0.25, -0.2) is 9.97 Å². The van der Waals surface area contributed by atoms with Crippen molar-refractivity contribution in [3.05, 3.63) is 71.9 Å². The van der Waals surface area contributed by atoms with E-state index in [0.29, 0.717) is 18.1 Å². The SMILES string of the molecule is N#Cc1cnc(NCc2cccc(Cn3cccn3)c2)cn1. The zero-order valence-electron chi connectivity index (χ0n) is 11.8. The Balaban J connectivity index is 1.63. The molecule has 0 aliphatic carbocycles. The highest BCUT2D eigenvalue weighted by Crippen LogP contribution is 2.09. The van der Waals surface area contributed by atoms with Crippen LogP contribution >= 0.6 is 0 Å². The molecule has 0 aliphatic heterocycles. The van der Waals surface area contributed by atoms with Crippen LogP contribution in [-0.4, -0.2) is 19.7 Å². The van der Waals surface area contributed by atoms with Crippen molar-refractivity contribution in [2.45, 2.75) is 13.1 Å². The van der Waals surface area contributed by atoms with E-state index in [0.717, 1.165) is 12.1 Å². The summed E-state index contributed by atoms with van der Waals surface area (Å²) in [5.74, 6) is 0.650. The Labute approximate surface area is 128 Å². The molecular formula is C16H14N6. The Morgan fingerprint density at radius 1 is 1.14 bits per heavy atom. The monoisotopic (exact) mass is 290 g/mol. The molecule has 0 spiro atoms. The second kappa shape index (κ2) is 6.50. The smallest absolute Gasteiger partial charge is 0.158 e. The highest BCUT2D eigenvalue weighted by atomic mass is 15.3. The number of hydrogen-bond donors (Lipinski definition) is 1. The van der Waals surface area contributed by atoms with Crippen molar-refractivity contribution < 1.29 is 0 Å². The van der Waals surface area contributed by atoms with Crippen molar-refractivity contribution in [2.24, 2.45) is 0 Å². The molecule has 2 aromatic heterocycles. The number of nitrogens with one attached hydrogen (secondary N) is 1. The molecule has 6 nitrogen and oxygen atoms in total. The van der Waals surface area contributed by atoms with Crippen LogP contribution in [0.5, 0.6) is 0 Å². The number of aromatic nitrogens is 4. The lowest BCUT2D eigenvalue weighted by molar-refractivity contribution is 0.686. The molecule has 0 bridgehead atoms. The van der Waals surface area contributed by atoms with Crippen LogP contribution in [0.1, 0.15) is 16.8 Å². The largest absolute Gasteiger partial charge is 0.365 e. The molecule has 0 radical (unpaired) electrons. The fourth-order valence-corrected chi connectivity index (χ4v) is 2.09. The van der Waals surface area contributed by atoms with Crippen LogP contribution in [0.2, 0.25) is 0 Å². The molecular weight excluding hydrogens is 276 g/mol. The minimum atomic E-state index is 0.312. The minimum absolute atomic E-state index is 0.312. The molecule has 0 saturated carbocycles. The standard InChI is InChI=1S/C16H14N6/c17-8-15-10-20-16(11-18-15)19-9-13-3-1-4-14(7-13)12-22-6-2-5-21-22/h1-7,10-11H,9,12H2,(H,19,20). The molecule has 3 aromatic rings. The molecule has 108 valence electrons. The Morgan fingerprint density at radius 3 is 2.77 bits per heavy atom. The molecule has 0 fully saturated rings. The third kappa shape index (κ3) is 3.46. The van der Waals surface area contributed by atoms with Gasteiger partial charge in [-0.2, -0.15) is 10.4 Å². The first kappa shape index (κ1) is 13.8. The first-order valence-corrected chi connectivity index (χ1v) is 6.85. The molecule has 22 heavy (non-hydrogen) atoms. The zero-order chi connectivity index (χ0) is 15.2. The lowest BCUT2D eigenvalue weighted by Gasteiger charge is -2.08. The minimum Gasteiger partial charge on any atom is -0.365 e. The molecule has 6 heteroatoms. The molecule has 0 saturated heterocycles. The van der Waals surface area contributed by atoms with Gasteiger partial charge in [0, 0.05) is 18.9 Å². The Morgan fingerprint density at radius 2 is 2.05 bits per heavy atom. The van der Waals surface area contributed by atoms with Crippen LogP contribution in [0, 0.1) is 11.3 Å². The van der Waals surface area contributed by atoms with Crippen LogP contribution in [0.3, 0.4) is 0 Å². The van der Waals surface area contributed by atoms with Crippen molar-refractivity contribution in [2.75, 3.05) is 5.32 Å². The van der Waals surface area contributed by atoms with E-state index in [1.54, 1.807) is 12.4 Å². The maximum absolute atomic E-state index is 8.69. The van der Waals surface area contributed by atoms with E-state index in [4.69, 9.17) is 5.26 Å². The van der Waals surface area contributed by atoms with Crippen molar-refractivity contribution in [1.82, 2.24) is 19.7 Å². The third-order valence-corrected chi connectivity index (χ3v) is 3.14. The molecule has 1 N–H and O–H groups in total. The summed E-state index contributed by atoms with van der Waals surface area (Å²) in [4.78, 5) is 8.12. The second-order valence-corrected chi connectivity index (χ2v) is 4.78. The maximum Gasteiger partial charge on any atom is 0.158 e.